The lowest BCUT2D eigenvalue weighted by Crippen LogP contribution is -2.65. The predicted octanol–water partition coefficient (Wildman–Crippen LogP) is 4.48. The number of ketones is 1. The van der Waals surface area contributed by atoms with Crippen molar-refractivity contribution in [2.75, 3.05) is 6.61 Å². The largest absolute Gasteiger partial charge is 0.481 e. The van der Waals surface area contributed by atoms with E-state index < -0.39 is 63.7 Å². The van der Waals surface area contributed by atoms with Crippen molar-refractivity contribution >= 4 is 11.8 Å². The fraction of sp³-hybridized carbons (Fsp3) is 0.765. The van der Waals surface area contributed by atoms with Gasteiger partial charge in [0.1, 0.15) is 11.2 Å². The van der Waals surface area contributed by atoms with Gasteiger partial charge >= 0.3 is 5.97 Å². The van der Waals surface area contributed by atoms with E-state index in [2.05, 4.69) is 19.1 Å². The maximum absolute atomic E-state index is 12.7. The van der Waals surface area contributed by atoms with Crippen LogP contribution < -0.4 is 0 Å². The Morgan fingerprint density at radius 2 is 1.60 bits per heavy atom. The minimum absolute atomic E-state index is 0.0615. The van der Waals surface area contributed by atoms with Crippen molar-refractivity contribution in [3.05, 3.63) is 35.5 Å². The number of aliphatic hydroxyl groups excluding tert-OH is 2. The average Bonchev–Trinajstić information content (AvgIpc) is 3.34. The van der Waals surface area contributed by atoms with Crippen molar-refractivity contribution < 1.29 is 40.2 Å². The third-order valence-electron chi connectivity index (χ3n) is 10.7. The van der Waals surface area contributed by atoms with Crippen molar-refractivity contribution in [1.82, 2.24) is 0 Å². The molecule has 2 fully saturated rings. The zero-order valence-electron chi connectivity index (χ0n) is 26.2. The Labute approximate surface area is 251 Å². The van der Waals surface area contributed by atoms with Gasteiger partial charge in [0, 0.05) is 41.9 Å². The molecular formula is C34H54O8. The molecule has 0 bridgehead atoms. The molecule has 0 unspecified atom stereocenters. The fourth-order valence-electron chi connectivity index (χ4n) is 8.07. The number of carbonyl (C=O) groups excluding carboxylic acids is 1. The molecule has 0 spiro atoms. The summed E-state index contributed by atoms with van der Waals surface area (Å²) < 4.78 is 0. The van der Waals surface area contributed by atoms with Crippen LogP contribution in [0.5, 0.6) is 0 Å². The van der Waals surface area contributed by atoms with Gasteiger partial charge in [0.25, 0.3) is 0 Å². The third kappa shape index (κ3) is 6.07. The second-order valence-corrected chi connectivity index (χ2v) is 13.7. The molecule has 4 aliphatic carbocycles. The summed E-state index contributed by atoms with van der Waals surface area (Å²) in [4.78, 5) is 23.0. The Bertz CT molecular complexity index is 1080. The van der Waals surface area contributed by atoms with E-state index in [-0.39, 0.29) is 13.0 Å². The molecule has 238 valence electrons. The predicted molar refractivity (Wildman–Crippen MR) is 161 cm³/mol. The van der Waals surface area contributed by atoms with Gasteiger partial charge in [-0.05, 0) is 43.8 Å². The molecule has 2 saturated carbocycles. The van der Waals surface area contributed by atoms with Gasteiger partial charge in [-0.3, -0.25) is 9.59 Å². The number of fused-ring (bicyclic) bond motifs is 5. The van der Waals surface area contributed by atoms with Gasteiger partial charge in [-0.1, -0.05) is 84.1 Å². The Hall–Kier alpha value is -1.84. The lowest BCUT2D eigenvalue weighted by Gasteiger charge is -2.51. The average molecular weight is 591 g/mol. The number of unbranched alkanes of at least 4 members (excludes halogenated alkanes) is 7. The number of carboxylic acids is 1. The zero-order valence-corrected chi connectivity index (χ0v) is 26.2. The molecule has 42 heavy (non-hydrogen) atoms. The van der Waals surface area contributed by atoms with E-state index >= 15 is 0 Å². The Kier molecular flexibility index (Phi) is 11.1. The van der Waals surface area contributed by atoms with Crippen molar-refractivity contribution in [1.29, 1.82) is 0 Å². The highest BCUT2D eigenvalue weighted by atomic mass is 16.4. The van der Waals surface area contributed by atoms with Crippen molar-refractivity contribution in [3.63, 3.8) is 0 Å². The number of carbonyl (C=O) groups is 2. The molecule has 0 aliphatic heterocycles. The number of carboxylic acid groups (broad SMARTS) is 1. The van der Waals surface area contributed by atoms with Gasteiger partial charge in [-0.15, -0.1) is 0 Å². The van der Waals surface area contributed by atoms with Gasteiger partial charge in [0.2, 0.25) is 0 Å². The maximum atomic E-state index is 12.7. The van der Waals surface area contributed by atoms with Crippen molar-refractivity contribution in [2.24, 2.45) is 29.1 Å². The summed E-state index contributed by atoms with van der Waals surface area (Å²) >= 11 is 0. The van der Waals surface area contributed by atoms with Crippen LogP contribution in [0.25, 0.3) is 0 Å². The van der Waals surface area contributed by atoms with Crippen LogP contribution in [0.15, 0.2) is 35.5 Å². The summed E-state index contributed by atoms with van der Waals surface area (Å²) in [6.45, 7) is 8.84. The Morgan fingerprint density at radius 1 is 1.00 bits per heavy atom. The SMILES string of the molecule is CC1=C[C@H]2[C@]3(O)[C@H](C)[C@@H](O)[C@@]4(O)[C@H]([C@@H]3C=C(CO)C[C@@]2(O)C1=O)C4(C)C.CCCCC=CCCCCCCCC(=O)O. The molecule has 0 aromatic heterocycles. The first-order chi connectivity index (χ1) is 19.6. The number of Topliss-reactive ketones (excluding diaryl/α,β-unsaturated/α-hetero) is 1. The minimum Gasteiger partial charge on any atom is -0.481 e. The van der Waals surface area contributed by atoms with Crippen LogP contribution in [0, 0.1) is 29.1 Å². The molecular weight excluding hydrogens is 536 g/mol. The highest BCUT2D eigenvalue weighted by Gasteiger charge is 2.84. The van der Waals surface area contributed by atoms with Gasteiger partial charge in [0.05, 0.1) is 18.3 Å². The lowest BCUT2D eigenvalue weighted by molar-refractivity contribution is -0.209. The quantitative estimate of drug-likeness (QED) is 0.144. The Balaban J connectivity index is 0.000000263. The van der Waals surface area contributed by atoms with Gasteiger partial charge in [-0.25, -0.2) is 0 Å². The summed E-state index contributed by atoms with van der Waals surface area (Å²) in [7, 11) is 0. The fourth-order valence-corrected chi connectivity index (χ4v) is 8.07. The number of aliphatic hydroxyl groups is 5. The maximum Gasteiger partial charge on any atom is 0.303 e. The van der Waals surface area contributed by atoms with Crippen molar-refractivity contribution in [3.8, 4) is 0 Å². The topological polar surface area (TPSA) is 156 Å². The van der Waals surface area contributed by atoms with E-state index in [0.29, 0.717) is 17.6 Å². The van der Waals surface area contributed by atoms with Crippen molar-refractivity contribution in [2.45, 2.75) is 128 Å². The minimum atomic E-state index is -1.84. The molecule has 0 heterocycles. The molecule has 8 heteroatoms. The second kappa shape index (κ2) is 13.4. The first kappa shape index (κ1) is 34.6. The molecule has 8 atom stereocenters. The zero-order chi connectivity index (χ0) is 31.5. The van der Waals surface area contributed by atoms with E-state index in [9.17, 15) is 35.1 Å². The summed E-state index contributed by atoms with van der Waals surface area (Å²) in [6.07, 6.45) is 17.5. The van der Waals surface area contributed by atoms with E-state index in [0.717, 1.165) is 12.8 Å². The summed E-state index contributed by atoms with van der Waals surface area (Å²) in [5.41, 5.74) is -4.57. The van der Waals surface area contributed by atoms with Crippen LogP contribution in [0.1, 0.15) is 105 Å². The van der Waals surface area contributed by atoms with E-state index in [1.54, 1.807) is 26.0 Å². The molecule has 0 radical (unpaired) electrons. The summed E-state index contributed by atoms with van der Waals surface area (Å²) in [5.74, 6) is -3.81. The van der Waals surface area contributed by atoms with Crippen LogP contribution in [-0.2, 0) is 9.59 Å². The third-order valence-corrected chi connectivity index (χ3v) is 10.7. The van der Waals surface area contributed by atoms with Crippen LogP contribution in [-0.4, -0.2) is 71.9 Å². The van der Waals surface area contributed by atoms with Gasteiger partial charge < -0.3 is 30.6 Å². The molecule has 4 rings (SSSR count). The number of aliphatic carboxylic acids is 1. The van der Waals surface area contributed by atoms with Crippen LogP contribution in [0.3, 0.4) is 0 Å². The summed E-state index contributed by atoms with van der Waals surface area (Å²) in [6, 6.07) is 0. The second-order valence-electron chi connectivity index (χ2n) is 13.7. The lowest BCUT2D eigenvalue weighted by atomic mass is 9.59. The first-order valence-electron chi connectivity index (χ1n) is 15.9. The first-order valence-corrected chi connectivity index (χ1v) is 15.9. The molecule has 8 nitrogen and oxygen atoms in total. The van der Waals surface area contributed by atoms with Crippen LogP contribution in [0.4, 0.5) is 0 Å². The van der Waals surface area contributed by atoms with Gasteiger partial charge in [0.15, 0.2) is 5.78 Å². The van der Waals surface area contributed by atoms with Crippen LogP contribution >= 0.6 is 0 Å². The molecule has 0 aromatic rings. The van der Waals surface area contributed by atoms with E-state index in [1.165, 1.54) is 44.9 Å². The summed E-state index contributed by atoms with van der Waals surface area (Å²) in [5, 5.41) is 63.4. The highest BCUT2D eigenvalue weighted by molar-refractivity contribution is 6.04. The number of hydrogen-bond acceptors (Lipinski definition) is 7. The highest BCUT2D eigenvalue weighted by Crippen LogP contribution is 2.74. The van der Waals surface area contributed by atoms with E-state index in [1.807, 2.05) is 13.8 Å². The standard InChI is InChI=1S/C20H28O6.C14H26O2/c1-9-5-13-18(24,15(9)22)7-11(8-21)6-12-14-17(3,4)20(14,26)16(23)10(2)19(12,13)25;1-2-3-4-5-6-7-8-9-10-11-12-13-14(15)16/h5-6,10,12-14,16,21,23-26H,7-8H2,1-4H3;5-6H,2-4,7-13H2,1H3,(H,15,16)/t10-,12+,13-,14-,16-,18+,19+,20+;/m1./s1. The van der Waals surface area contributed by atoms with Gasteiger partial charge in [-0.2, -0.15) is 0 Å². The Morgan fingerprint density at radius 3 is 2.19 bits per heavy atom. The van der Waals surface area contributed by atoms with Crippen LogP contribution in [0.2, 0.25) is 0 Å². The van der Waals surface area contributed by atoms with E-state index in [4.69, 9.17) is 5.11 Å². The number of hydrogen-bond donors (Lipinski definition) is 6. The molecule has 0 aromatic carbocycles. The monoisotopic (exact) mass is 590 g/mol. The molecule has 4 aliphatic rings. The molecule has 0 saturated heterocycles. The number of allylic oxidation sites excluding steroid dienone is 2. The molecule has 0 amide bonds. The smallest absolute Gasteiger partial charge is 0.303 e. The normalized spacial score (nSPS) is 38.0. The molecule has 6 N–H and O–H groups in total. The number of rotatable bonds is 12.